The lowest BCUT2D eigenvalue weighted by atomic mass is 10.0. The van der Waals surface area contributed by atoms with Crippen LogP contribution in [0.25, 0.3) is 0 Å². The van der Waals surface area contributed by atoms with E-state index in [0.717, 1.165) is 22.5 Å². The first-order valence-electron chi connectivity index (χ1n) is 9.05. The second kappa shape index (κ2) is 7.06. The van der Waals surface area contributed by atoms with Crippen LogP contribution >= 0.6 is 0 Å². The summed E-state index contributed by atoms with van der Waals surface area (Å²) in [6.45, 7) is 8.30. The molecule has 1 aliphatic heterocycles. The summed E-state index contributed by atoms with van der Waals surface area (Å²) in [7, 11) is 1.75. The summed E-state index contributed by atoms with van der Waals surface area (Å²) in [6.07, 6.45) is 0.224. The molecule has 0 bridgehead atoms. The number of para-hydroxylation sites is 1. The molecule has 0 saturated carbocycles. The molecule has 27 heavy (non-hydrogen) atoms. The molecule has 7 nitrogen and oxygen atoms in total. The zero-order valence-corrected chi connectivity index (χ0v) is 16.5. The van der Waals surface area contributed by atoms with Crippen molar-refractivity contribution in [2.24, 2.45) is 7.05 Å². The third-order valence-electron chi connectivity index (χ3n) is 4.46. The van der Waals surface area contributed by atoms with Crippen LogP contribution in [0.5, 0.6) is 0 Å². The van der Waals surface area contributed by atoms with Crippen molar-refractivity contribution in [3.8, 4) is 0 Å². The van der Waals surface area contributed by atoms with E-state index in [1.165, 1.54) is 0 Å². The number of aryl methyl sites for hydroxylation is 2. The maximum atomic E-state index is 12.9. The fourth-order valence-corrected chi connectivity index (χ4v) is 3.16. The normalized spacial score (nSPS) is 13.9. The van der Waals surface area contributed by atoms with Gasteiger partial charge in [-0.25, -0.2) is 4.79 Å². The highest BCUT2D eigenvalue weighted by Crippen LogP contribution is 2.25. The third-order valence-corrected chi connectivity index (χ3v) is 4.46. The predicted molar refractivity (Wildman–Crippen MR) is 103 cm³/mol. The highest BCUT2D eigenvalue weighted by atomic mass is 16.6. The third kappa shape index (κ3) is 4.13. The summed E-state index contributed by atoms with van der Waals surface area (Å²) in [5.41, 5.74) is 3.29. The van der Waals surface area contributed by atoms with Gasteiger partial charge < -0.3 is 15.0 Å². The quantitative estimate of drug-likeness (QED) is 0.880. The van der Waals surface area contributed by atoms with Gasteiger partial charge >= 0.3 is 6.09 Å². The number of amides is 2. The van der Waals surface area contributed by atoms with Crippen molar-refractivity contribution in [1.29, 1.82) is 0 Å². The fraction of sp³-hybridized carbons (Fsp3) is 0.450. The average Bonchev–Trinajstić information content (AvgIpc) is 2.90. The van der Waals surface area contributed by atoms with Crippen molar-refractivity contribution < 1.29 is 14.3 Å². The number of carbonyl (C=O) groups is 2. The van der Waals surface area contributed by atoms with E-state index in [0.29, 0.717) is 25.2 Å². The first kappa shape index (κ1) is 18.9. The number of hydrogen-bond donors (Lipinski definition) is 1. The molecule has 2 amide bonds. The molecule has 1 aliphatic rings. The maximum absolute atomic E-state index is 12.9. The van der Waals surface area contributed by atoms with Crippen LogP contribution in [0.4, 0.5) is 10.5 Å². The Hall–Kier alpha value is -2.83. The minimum absolute atomic E-state index is 0.230. The number of hydrogen-bond acceptors (Lipinski definition) is 4. The number of rotatable bonds is 2. The van der Waals surface area contributed by atoms with E-state index in [1.807, 2.05) is 52.0 Å². The molecule has 1 aromatic heterocycles. The SMILES string of the molecule is Cc1ccccc1NC(=O)c1c2c(nn1C)CCN(C(=O)OC(C)(C)C)C2. The van der Waals surface area contributed by atoms with Gasteiger partial charge in [0.1, 0.15) is 11.3 Å². The van der Waals surface area contributed by atoms with Gasteiger partial charge in [0.05, 0.1) is 12.2 Å². The zero-order chi connectivity index (χ0) is 19.8. The van der Waals surface area contributed by atoms with Crippen molar-refractivity contribution in [3.05, 3.63) is 46.8 Å². The van der Waals surface area contributed by atoms with Crippen molar-refractivity contribution >= 4 is 17.7 Å². The van der Waals surface area contributed by atoms with Crippen LogP contribution in [0.1, 0.15) is 48.1 Å². The molecule has 0 aliphatic carbocycles. The molecule has 1 aromatic carbocycles. The van der Waals surface area contributed by atoms with Crippen LogP contribution in [0.15, 0.2) is 24.3 Å². The Morgan fingerprint density at radius 3 is 2.59 bits per heavy atom. The number of carbonyl (C=O) groups excluding carboxylic acids is 2. The Kier molecular flexibility index (Phi) is 4.95. The molecular weight excluding hydrogens is 344 g/mol. The Balaban J connectivity index is 1.83. The topological polar surface area (TPSA) is 76.5 Å². The molecule has 2 aromatic rings. The standard InChI is InChI=1S/C20H26N4O3/c1-13-8-6-7-9-15(13)21-18(25)17-14-12-24(19(26)27-20(2,3)4)11-10-16(14)22-23(17)5/h6-9H,10-12H2,1-5H3,(H,21,25). The summed E-state index contributed by atoms with van der Waals surface area (Å²) >= 11 is 0. The molecule has 144 valence electrons. The first-order chi connectivity index (χ1) is 12.7. The van der Waals surface area contributed by atoms with Gasteiger partial charge in [-0.1, -0.05) is 18.2 Å². The van der Waals surface area contributed by atoms with E-state index >= 15 is 0 Å². The van der Waals surface area contributed by atoms with Crippen LogP contribution < -0.4 is 5.32 Å². The fourth-order valence-electron chi connectivity index (χ4n) is 3.16. The van der Waals surface area contributed by atoms with E-state index in [-0.39, 0.29) is 12.0 Å². The molecule has 0 unspecified atom stereocenters. The van der Waals surface area contributed by atoms with Crippen LogP contribution in [0.2, 0.25) is 0 Å². The highest BCUT2D eigenvalue weighted by Gasteiger charge is 2.31. The van der Waals surface area contributed by atoms with E-state index in [1.54, 1.807) is 16.6 Å². The van der Waals surface area contributed by atoms with Gasteiger partial charge in [0.25, 0.3) is 5.91 Å². The van der Waals surface area contributed by atoms with Crippen LogP contribution in [0, 0.1) is 6.92 Å². The second-order valence-corrected chi connectivity index (χ2v) is 7.82. The maximum Gasteiger partial charge on any atom is 0.410 e. The molecule has 0 fully saturated rings. The number of benzene rings is 1. The molecule has 2 heterocycles. The molecule has 3 rings (SSSR count). The minimum Gasteiger partial charge on any atom is -0.444 e. The van der Waals surface area contributed by atoms with Gasteiger partial charge in [0.15, 0.2) is 0 Å². The van der Waals surface area contributed by atoms with Gasteiger partial charge in [0, 0.05) is 31.3 Å². The zero-order valence-electron chi connectivity index (χ0n) is 16.5. The van der Waals surface area contributed by atoms with Crippen LogP contribution in [-0.2, 0) is 24.8 Å². The van der Waals surface area contributed by atoms with E-state index in [4.69, 9.17) is 4.74 Å². The number of nitrogens with zero attached hydrogens (tertiary/aromatic N) is 3. The molecule has 0 spiro atoms. The van der Waals surface area contributed by atoms with E-state index in [2.05, 4.69) is 10.4 Å². The van der Waals surface area contributed by atoms with Crippen LogP contribution in [0.3, 0.4) is 0 Å². The highest BCUT2D eigenvalue weighted by molar-refractivity contribution is 6.04. The second-order valence-electron chi connectivity index (χ2n) is 7.82. The lowest BCUT2D eigenvalue weighted by Gasteiger charge is -2.29. The molecule has 0 atom stereocenters. The number of anilines is 1. The summed E-state index contributed by atoms with van der Waals surface area (Å²) in [5.74, 6) is -0.230. The average molecular weight is 370 g/mol. The Morgan fingerprint density at radius 2 is 1.93 bits per heavy atom. The van der Waals surface area contributed by atoms with Gasteiger partial charge in [-0.15, -0.1) is 0 Å². The molecule has 0 radical (unpaired) electrons. The molecule has 1 N–H and O–H groups in total. The van der Waals surface area contributed by atoms with Gasteiger partial charge in [-0.05, 0) is 39.3 Å². The minimum atomic E-state index is -0.558. The van der Waals surface area contributed by atoms with Gasteiger partial charge in [-0.2, -0.15) is 5.10 Å². The van der Waals surface area contributed by atoms with E-state index in [9.17, 15) is 9.59 Å². The Bertz CT molecular complexity index is 880. The number of ether oxygens (including phenoxy) is 1. The van der Waals surface area contributed by atoms with Crippen molar-refractivity contribution in [1.82, 2.24) is 14.7 Å². The number of fused-ring (bicyclic) bond motifs is 1. The van der Waals surface area contributed by atoms with Gasteiger partial charge in [-0.3, -0.25) is 9.48 Å². The lowest BCUT2D eigenvalue weighted by molar-refractivity contribution is 0.0222. The van der Waals surface area contributed by atoms with Crippen LogP contribution in [-0.4, -0.2) is 38.8 Å². The first-order valence-corrected chi connectivity index (χ1v) is 9.05. The largest absolute Gasteiger partial charge is 0.444 e. The summed E-state index contributed by atoms with van der Waals surface area (Å²) in [4.78, 5) is 27.0. The van der Waals surface area contributed by atoms with E-state index < -0.39 is 5.60 Å². The summed E-state index contributed by atoms with van der Waals surface area (Å²) < 4.78 is 7.06. The monoisotopic (exact) mass is 370 g/mol. The van der Waals surface area contributed by atoms with Crippen molar-refractivity contribution in [3.63, 3.8) is 0 Å². The van der Waals surface area contributed by atoms with Gasteiger partial charge in [0.2, 0.25) is 0 Å². The number of aromatic nitrogens is 2. The molecule has 0 saturated heterocycles. The molecular formula is C20H26N4O3. The summed E-state index contributed by atoms with van der Waals surface area (Å²) in [5, 5.41) is 7.43. The smallest absolute Gasteiger partial charge is 0.410 e. The Morgan fingerprint density at radius 1 is 1.22 bits per heavy atom. The van der Waals surface area contributed by atoms with Crippen molar-refractivity contribution in [2.75, 3.05) is 11.9 Å². The molecule has 7 heteroatoms. The Labute approximate surface area is 159 Å². The lowest BCUT2D eigenvalue weighted by Crippen LogP contribution is -2.40. The number of nitrogens with one attached hydrogen (secondary N) is 1. The predicted octanol–water partition coefficient (Wildman–Crippen LogP) is 3.27. The summed E-state index contributed by atoms with van der Waals surface area (Å²) in [6, 6.07) is 7.61. The van der Waals surface area contributed by atoms with Crippen molar-refractivity contribution in [2.45, 2.75) is 46.3 Å².